The number of hydrogen-bond acceptors (Lipinski definition) is 4. The highest BCUT2D eigenvalue weighted by molar-refractivity contribution is 6.42. The predicted molar refractivity (Wildman–Crippen MR) is 103 cm³/mol. The number of halogens is 2. The van der Waals surface area contributed by atoms with Crippen molar-refractivity contribution >= 4 is 52.1 Å². The molecule has 1 aliphatic heterocycles. The minimum absolute atomic E-state index is 0.175. The largest absolute Gasteiger partial charge is 0.465 e. The Morgan fingerprint density at radius 1 is 1.22 bits per heavy atom. The van der Waals surface area contributed by atoms with Gasteiger partial charge in [0, 0.05) is 0 Å². The lowest BCUT2D eigenvalue weighted by Gasteiger charge is -2.32. The van der Waals surface area contributed by atoms with Gasteiger partial charge in [0.2, 0.25) is 11.9 Å². The molecule has 138 valence electrons. The molecule has 6 nitrogen and oxygen atoms in total. The van der Waals surface area contributed by atoms with Crippen molar-refractivity contribution in [1.82, 2.24) is 9.55 Å². The van der Waals surface area contributed by atoms with E-state index in [0.29, 0.717) is 27.1 Å². The number of carbonyl (C=O) groups is 2. The third kappa shape index (κ3) is 2.95. The van der Waals surface area contributed by atoms with E-state index in [1.54, 1.807) is 25.1 Å². The van der Waals surface area contributed by atoms with Gasteiger partial charge in [0.05, 0.1) is 33.7 Å². The summed E-state index contributed by atoms with van der Waals surface area (Å²) in [5, 5.41) is 3.45. The molecule has 0 saturated carbocycles. The topological polar surface area (TPSA) is 73.2 Å². The molecular weight excluding hydrogens is 389 g/mol. The number of fused-ring (bicyclic) bond motifs is 3. The smallest absolute Gasteiger partial charge is 0.321 e. The number of nitrogens with one attached hydrogen (secondary N) is 1. The maximum absolute atomic E-state index is 12.8. The quantitative estimate of drug-likeness (QED) is 0.528. The number of carbonyl (C=O) groups excluding carboxylic acids is 2. The zero-order valence-electron chi connectivity index (χ0n) is 14.3. The fourth-order valence-electron chi connectivity index (χ4n) is 3.40. The van der Waals surface area contributed by atoms with Gasteiger partial charge in [-0.15, -0.1) is 0 Å². The lowest BCUT2D eigenvalue weighted by atomic mass is 9.90. The SMILES string of the molecule is CCOC(=O)[C@@H]1C(=O)Nc2nc3ccccc3n2[C@@H]1c1ccc(Cl)c(Cl)c1. The summed E-state index contributed by atoms with van der Waals surface area (Å²) in [5.41, 5.74) is 2.17. The number of hydrogen-bond donors (Lipinski definition) is 1. The third-order valence-electron chi connectivity index (χ3n) is 4.53. The number of rotatable bonds is 3. The van der Waals surface area contributed by atoms with Crippen LogP contribution in [0.2, 0.25) is 10.0 Å². The zero-order chi connectivity index (χ0) is 19.1. The first-order valence-electron chi connectivity index (χ1n) is 8.40. The molecule has 4 rings (SSSR count). The molecule has 1 amide bonds. The Morgan fingerprint density at radius 2 is 2.00 bits per heavy atom. The van der Waals surface area contributed by atoms with Gasteiger partial charge in [-0.1, -0.05) is 41.4 Å². The van der Waals surface area contributed by atoms with Crippen LogP contribution in [0.3, 0.4) is 0 Å². The van der Waals surface area contributed by atoms with Gasteiger partial charge in [-0.25, -0.2) is 4.98 Å². The molecule has 0 spiro atoms. The van der Waals surface area contributed by atoms with Crippen molar-refractivity contribution in [2.45, 2.75) is 13.0 Å². The number of imidazole rings is 1. The molecule has 0 aliphatic carbocycles. The maximum atomic E-state index is 12.8. The summed E-state index contributed by atoms with van der Waals surface area (Å²) in [5.74, 6) is -1.77. The molecular formula is C19H15Cl2N3O3. The van der Waals surface area contributed by atoms with Crippen molar-refractivity contribution in [1.29, 1.82) is 0 Å². The van der Waals surface area contributed by atoms with E-state index in [0.717, 1.165) is 5.52 Å². The fraction of sp³-hybridized carbons (Fsp3) is 0.211. The van der Waals surface area contributed by atoms with E-state index < -0.39 is 23.8 Å². The number of anilines is 1. The molecule has 0 radical (unpaired) electrons. The molecule has 0 bridgehead atoms. The Bertz CT molecular complexity index is 1060. The van der Waals surface area contributed by atoms with Crippen LogP contribution in [0.5, 0.6) is 0 Å². The lowest BCUT2D eigenvalue weighted by Crippen LogP contribution is -2.43. The van der Waals surface area contributed by atoms with Crippen LogP contribution in [0.25, 0.3) is 11.0 Å². The molecule has 3 aromatic rings. The van der Waals surface area contributed by atoms with Crippen LogP contribution < -0.4 is 5.32 Å². The summed E-state index contributed by atoms with van der Waals surface area (Å²) >= 11 is 12.3. The lowest BCUT2D eigenvalue weighted by molar-refractivity contribution is -0.152. The van der Waals surface area contributed by atoms with E-state index in [1.807, 2.05) is 28.8 Å². The van der Waals surface area contributed by atoms with E-state index in [-0.39, 0.29) is 6.61 Å². The average Bonchev–Trinajstić information content (AvgIpc) is 3.00. The van der Waals surface area contributed by atoms with E-state index in [1.165, 1.54) is 0 Å². The van der Waals surface area contributed by atoms with Gasteiger partial charge in [-0.3, -0.25) is 14.9 Å². The second kappa shape index (κ2) is 6.87. The summed E-state index contributed by atoms with van der Waals surface area (Å²) in [4.78, 5) is 29.9. The first kappa shape index (κ1) is 17.8. The van der Waals surface area contributed by atoms with Crippen molar-refractivity contribution in [3.63, 3.8) is 0 Å². The monoisotopic (exact) mass is 403 g/mol. The Morgan fingerprint density at radius 3 is 2.74 bits per heavy atom. The van der Waals surface area contributed by atoms with Crippen LogP contribution in [0, 0.1) is 5.92 Å². The Kier molecular flexibility index (Phi) is 4.53. The molecule has 27 heavy (non-hydrogen) atoms. The van der Waals surface area contributed by atoms with Crippen LogP contribution in [0.4, 0.5) is 5.95 Å². The number of benzene rings is 2. The van der Waals surface area contributed by atoms with Crippen LogP contribution in [0.1, 0.15) is 18.5 Å². The van der Waals surface area contributed by atoms with Gasteiger partial charge in [0.25, 0.3) is 0 Å². The van der Waals surface area contributed by atoms with Crippen LogP contribution in [-0.4, -0.2) is 28.0 Å². The number of ether oxygens (including phenoxy) is 1. The van der Waals surface area contributed by atoms with E-state index in [9.17, 15) is 9.59 Å². The number of para-hydroxylation sites is 2. The van der Waals surface area contributed by atoms with Gasteiger partial charge in [0.1, 0.15) is 0 Å². The normalized spacial score (nSPS) is 18.9. The van der Waals surface area contributed by atoms with Gasteiger partial charge in [-0.2, -0.15) is 0 Å². The summed E-state index contributed by atoms with van der Waals surface area (Å²) in [7, 11) is 0. The highest BCUT2D eigenvalue weighted by Crippen LogP contribution is 2.40. The van der Waals surface area contributed by atoms with Gasteiger partial charge in [0.15, 0.2) is 5.92 Å². The Balaban J connectivity index is 1.97. The molecule has 0 saturated heterocycles. The molecule has 0 unspecified atom stereocenters. The molecule has 2 atom stereocenters. The number of esters is 1. The van der Waals surface area contributed by atoms with Crippen molar-refractivity contribution in [3.05, 3.63) is 58.1 Å². The third-order valence-corrected chi connectivity index (χ3v) is 5.27. The van der Waals surface area contributed by atoms with Gasteiger partial charge < -0.3 is 9.30 Å². The molecule has 1 aliphatic rings. The summed E-state index contributed by atoms with van der Waals surface area (Å²) < 4.78 is 7.00. The second-order valence-electron chi connectivity index (χ2n) is 6.13. The minimum atomic E-state index is -1.08. The van der Waals surface area contributed by atoms with Crippen LogP contribution in [-0.2, 0) is 14.3 Å². The molecule has 0 fully saturated rings. The first-order chi connectivity index (χ1) is 13.0. The Hall–Kier alpha value is -2.57. The van der Waals surface area contributed by atoms with Gasteiger partial charge in [-0.05, 0) is 36.8 Å². The van der Waals surface area contributed by atoms with Crippen molar-refractivity contribution < 1.29 is 14.3 Å². The fourth-order valence-corrected chi connectivity index (χ4v) is 3.71. The standard InChI is InChI=1S/C19H15Cl2N3O3/c1-2-27-18(26)15-16(10-7-8-11(20)12(21)9-10)24-14-6-4-3-5-13(14)22-19(24)23-17(15)25/h3-9,15-16H,2H2,1H3,(H,22,23,25)/t15-,16+/m0/s1. The highest BCUT2D eigenvalue weighted by atomic mass is 35.5. The summed E-state index contributed by atoms with van der Waals surface area (Å²) in [6, 6.07) is 11.9. The number of aromatic nitrogens is 2. The van der Waals surface area contributed by atoms with E-state index in [2.05, 4.69) is 10.3 Å². The predicted octanol–water partition coefficient (Wildman–Crippen LogP) is 4.06. The first-order valence-corrected chi connectivity index (χ1v) is 9.16. The van der Waals surface area contributed by atoms with Crippen molar-refractivity contribution in [2.24, 2.45) is 5.92 Å². The Labute approximate surface area is 165 Å². The number of amides is 1. The molecule has 8 heteroatoms. The van der Waals surface area contributed by atoms with E-state index in [4.69, 9.17) is 27.9 Å². The van der Waals surface area contributed by atoms with Crippen LogP contribution >= 0.6 is 23.2 Å². The van der Waals surface area contributed by atoms with Crippen molar-refractivity contribution in [2.75, 3.05) is 11.9 Å². The minimum Gasteiger partial charge on any atom is -0.465 e. The molecule has 2 heterocycles. The highest BCUT2D eigenvalue weighted by Gasteiger charge is 2.44. The van der Waals surface area contributed by atoms with E-state index >= 15 is 0 Å². The summed E-state index contributed by atoms with van der Waals surface area (Å²) in [6.45, 7) is 1.87. The molecule has 2 aromatic carbocycles. The maximum Gasteiger partial charge on any atom is 0.321 e. The van der Waals surface area contributed by atoms with Crippen LogP contribution in [0.15, 0.2) is 42.5 Å². The molecule has 1 N–H and O–H groups in total. The summed E-state index contributed by atoms with van der Waals surface area (Å²) in [6.07, 6.45) is 0. The van der Waals surface area contributed by atoms with Gasteiger partial charge >= 0.3 is 5.97 Å². The second-order valence-corrected chi connectivity index (χ2v) is 6.95. The average molecular weight is 404 g/mol. The molecule has 1 aromatic heterocycles. The zero-order valence-corrected chi connectivity index (χ0v) is 15.8. The van der Waals surface area contributed by atoms with Crippen molar-refractivity contribution in [3.8, 4) is 0 Å². The number of nitrogens with zero attached hydrogens (tertiary/aromatic N) is 2.